The van der Waals surface area contributed by atoms with E-state index in [-0.39, 0.29) is 73.0 Å². The van der Waals surface area contributed by atoms with Gasteiger partial charge in [0.05, 0.1) is 28.5 Å². The summed E-state index contributed by atoms with van der Waals surface area (Å²) in [5.74, 6) is -12.2. The second kappa shape index (κ2) is 23.3. The van der Waals surface area contributed by atoms with Gasteiger partial charge >= 0.3 is 5.97 Å². The van der Waals surface area contributed by atoms with Gasteiger partial charge in [-0.3, -0.25) is 28.8 Å². The Morgan fingerprint density at radius 2 is 1.38 bits per heavy atom. The molecular weight excluding hydrogens is 1070 g/mol. The zero-order valence-electron chi connectivity index (χ0n) is 42.4. The van der Waals surface area contributed by atoms with Gasteiger partial charge in [0.1, 0.15) is 59.4 Å². The number of hydrogen-bond acceptors (Lipinski definition) is 16. The number of carbonyl (C=O) groups excluding carboxylic acids is 6. The number of aliphatic carboxylic acids is 1. The van der Waals surface area contributed by atoms with Crippen LogP contribution in [0, 0.1) is 5.92 Å². The molecule has 6 aliphatic rings. The fourth-order valence-electron chi connectivity index (χ4n) is 9.80. The number of phenols is 3. The summed E-state index contributed by atoms with van der Waals surface area (Å²) in [7, 11) is 1.57. The minimum atomic E-state index is -2.09. The highest BCUT2D eigenvalue weighted by molar-refractivity contribution is 6.32. The molecule has 25 heteroatoms. The van der Waals surface area contributed by atoms with E-state index in [1.165, 1.54) is 42.5 Å². The Morgan fingerprint density at radius 1 is 0.772 bits per heavy atom. The van der Waals surface area contributed by atoms with E-state index in [1.54, 1.807) is 13.1 Å². The number of primary amides is 1. The summed E-state index contributed by atoms with van der Waals surface area (Å²) in [6, 6.07) is -0.0245. The van der Waals surface area contributed by atoms with E-state index in [2.05, 4.69) is 43.8 Å². The number of allylic oxidation sites excluding steroid dienone is 3. The van der Waals surface area contributed by atoms with Gasteiger partial charge in [0.15, 0.2) is 17.5 Å². The number of benzene rings is 4. The van der Waals surface area contributed by atoms with Crippen molar-refractivity contribution < 1.29 is 73.7 Å². The zero-order chi connectivity index (χ0) is 57.3. The lowest BCUT2D eigenvalue weighted by Crippen LogP contribution is -2.58. The summed E-state index contributed by atoms with van der Waals surface area (Å²) in [5, 5.41) is 86.6. The van der Waals surface area contributed by atoms with Gasteiger partial charge in [-0.05, 0) is 96.1 Å². The van der Waals surface area contributed by atoms with Crippen LogP contribution in [0.15, 0.2) is 96.7 Å². The summed E-state index contributed by atoms with van der Waals surface area (Å²) in [5.41, 5.74) is 4.93. The van der Waals surface area contributed by atoms with Crippen molar-refractivity contribution in [2.24, 2.45) is 11.7 Å². The van der Waals surface area contributed by atoms with Gasteiger partial charge in [-0.1, -0.05) is 74.0 Å². The molecule has 79 heavy (non-hydrogen) atoms. The van der Waals surface area contributed by atoms with Crippen LogP contribution in [0.5, 0.6) is 40.2 Å². The Balaban J connectivity index is 1.33. The number of ether oxygens (including phenoxy) is 2. The first-order valence-corrected chi connectivity index (χ1v) is 25.4. The molecule has 0 fully saturated rings. The number of fused-ring (bicyclic) bond motifs is 15. The summed E-state index contributed by atoms with van der Waals surface area (Å²) in [6.07, 6.45) is 0.0424. The Bertz CT molecular complexity index is 3240. The van der Waals surface area contributed by atoms with Crippen LogP contribution in [0.4, 0.5) is 0 Å². The third kappa shape index (κ3) is 12.2. The SMILES string of the molecule is C=C1N[C@@H](CC(N)=O)C(=O)N[C@H]2C(=O)N[C@H]3C(=O)N[C@H](C(=O)N[C@H](C(=O)O)c4cc(O)cc(O)c4[C@@H]4C=CC=C3C4)[C@H](O)c3ccc(c(Cl)c3)Oc3cc2cc(c3O)Oc2ccc(cc2Cl)[C@@H](O)[C@H]1NC(=O)[C@@H](CC(C)C)NC. The van der Waals surface area contributed by atoms with Crippen molar-refractivity contribution in [2.45, 2.75) is 93.5 Å². The standard InChI is InChI=1S/C54H56Cl2N8O15/c1-21(2)12-32(58-4)49(71)60-41-22(3)59-33(20-39(57)67)50(72)61-43-27-16-37(78-35-10-8-25(46(41)68)14-30(35)55)48(70)38(17-27)79-36-11-9-26(15-31(36)56)47(69)45-53(75)63-44(54(76)77)29-18-28(65)19-34(66)40(29)23-6-5-7-24(13-23)42(51(73)64-45)62-52(43)74/h5-11,14-19,21,23,32-33,41-47,58-59,65-66,68-70H,3,12-13,20H2,1-2,4H3,(H2,57,67)(H,60,71)(H,61,72)(H,62,74)(H,63,75)(H,64,73)(H,76,77)/t23-,32-,33+,41+,42-,43-,44+,45+,46-,47-/m1/s1. The van der Waals surface area contributed by atoms with E-state index < -0.39 is 137 Å². The highest BCUT2D eigenvalue weighted by Crippen LogP contribution is 2.47. The third-order valence-electron chi connectivity index (χ3n) is 13.7. The number of halogens is 2. The molecule has 4 aromatic carbocycles. The van der Waals surface area contributed by atoms with Gasteiger partial charge in [0.2, 0.25) is 41.2 Å². The smallest absolute Gasteiger partial charge is 0.330 e. The van der Waals surface area contributed by atoms with E-state index in [1.807, 2.05) is 13.8 Å². The highest BCUT2D eigenvalue weighted by Gasteiger charge is 2.42. The molecule has 10 rings (SSSR count). The Hall–Kier alpha value is -8.35. The molecule has 15 N–H and O–H groups in total. The lowest BCUT2D eigenvalue weighted by atomic mass is 9.80. The number of aliphatic hydroxyl groups excluding tert-OH is 2. The fourth-order valence-corrected chi connectivity index (χ4v) is 10.3. The Kier molecular flexibility index (Phi) is 16.8. The molecule has 10 atom stereocenters. The van der Waals surface area contributed by atoms with Crippen LogP contribution in [0.1, 0.15) is 91.1 Å². The van der Waals surface area contributed by atoms with Crippen molar-refractivity contribution in [3.8, 4) is 40.2 Å². The first kappa shape index (κ1) is 56.8. The van der Waals surface area contributed by atoms with Crippen LogP contribution in [-0.4, -0.2) is 109 Å². The zero-order valence-corrected chi connectivity index (χ0v) is 43.9. The highest BCUT2D eigenvalue weighted by atomic mass is 35.5. The first-order valence-electron chi connectivity index (χ1n) is 24.7. The van der Waals surface area contributed by atoms with Crippen molar-refractivity contribution in [3.05, 3.63) is 135 Å². The second-order valence-electron chi connectivity index (χ2n) is 19.7. The van der Waals surface area contributed by atoms with Gasteiger partial charge in [0, 0.05) is 23.2 Å². The normalized spacial score (nSPS) is 24.4. The fraction of sp³-hybridized carbons (Fsp3) is 0.315. The molecule has 0 unspecified atom stereocenters. The molecule has 5 aliphatic heterocycles. The molecule has 4 aromatic rings. The van der Waals surface area contributed by atoms with Crippen LogP contribution in [0.25, 0.3) is 0 Å². The van der Waals surface area contributed by atoms with E-state index in [4.69, 9.17) is 38.4 Å². The summed E-state index contributed by atoms with van der Waals surface area (Å²) in [4.78, 5) is 99.5. The number of carbonyl (C=O) groups is 7. The number of carboxylic acid groups (broad SMARTS) is 1. The van der Waals surface area contributed by atoms with Crippen LogP contribution in [-0.2, 0) is 33.6 Å². The van der Waals surface area contributed by atoms with Gasteiger partial charge in [-0.15, -0.1) is 0 Å². The average molecular weight is 1130 g/mol. The Labute approximate surface area is 460 Å². The van der Waals surface area contributed by atoms with Gasteiger partial charge in [0.25, 0.3) is 0 Å². The topological polar surface area (TPSA) is 370 Å². The number of aromatic hydroxyl groups is 3. The number of aliphatic hydroxyl groups is 2. The molecule has 11 bridgehead atoms. The van der Waals surface area contributed by atoms with Crippen molar-refractivity contribution in [3.63, 3.8) is 0 Å². The number of rotatable bonds is 8. The quantitative estimate of drug-likeness (QED) is 0.120. The summed E-state index contributed by atoms with van der Waals surface area (Å²) >= 11 is 13.6. The third-order valence-corrected chi connectivity index (χ3v) is 14.3. The maximum atomic E-state index is 15.4. The molecular formula is C54H56Cl2N8O15. The molecule has 416 valence electrons. The van der Waals surface area contributed by atoms with E-state index in [9.17, 15) is 54.6 Å². The van der Waals surface area contributed by atoms with Crippen molar-refractivity contribution in [2.75, 3.05) is 7.05 Å². The Morgan fingerprint density at radius 3 is 1.96 bits per heavy atom. The van der Waals surface area contributed by atoms with Crippen LogP contribution < -0.4 is 52.4 Å². The molecule has 0 spiro atoms. The molecule has 6 amide bonds. The average Bonchev–Trinajstić information content (AvgIpc) is 3.39. The predicted octanol–water partition coefficient (Wildman–Crippen LogP) is 3.31. The van der Waals surface area contributed by atoms with E-state index >= 15 is 9.59 Å². The second-order valence-corrected chi connectivity index (χ2v) is 20.6. The van der Waals surface area contributed by atoms with Crippen LogP contribution >= 0.6 is 23.2 Å². The first-order chi connectivity index (χ1) is 37.4. The van der Waals surface area contributed by atoms with Gasteiger partial charge < -0.3 is 83.1 Å². The molecule has 1 aliphatic carbocycles. The van der Waals surface area contributed by atoms with Crippen LogP contribution in [0.2, 0.25) is 10.0 Å². The number of carboxylic acids is 1. The number of amides is 6. The van der Waals surface area contributed by atoms with E-state index in [0.29, 0.717) is 6.42 Å². The molecule has 0 aromatic heterocycles. The number of nitrogens with two attached hydrogens (primary N) is 1. The molecule has 23 nitrogen and oxygen atoms in total. The maximum absolute atomic E-state index is 15.4. The minimum absolute atomic E-state index is 0.0410. The molecule has 0 radical (unpaired) electrons. The maximum Gasteiger partial charge on any atom is 0.330 e. The number of phenolic OH excluding ortho intramolecular Hbond substituents is 3. The van der Waals surface area contributed by atoms with Crippen LogP contribution in [0.3, 0.4) is 0 Å². The number of likely N-dealkylation sites (N-methyl/N-ethyl adjacent to an activating group) is 1. The lowest BCUT2D eigenvalue weighted by Gasteiger charge is -2.34. The predicted molar refractivity (Wildman–Crippen MR) is 283 cm³/mol. The van der Waals surface area contributed by atoms with Crippen molar-refractivity contribution in [1.82, 2.24) is 37.2 Å². The molecule has 0 saturated carbocycles. The number of nitrogens with one attached hydrogen (secondary N) is 7. The number of hydrogen-bond donors (Lipinski definition) is 14. The summed E-state index contributed by atoms with van der Waals surface area (Å²) in [6.45, 7) is 7.85. The van der Waals surface area contributed by atoms with Gasteiger partial charge in [-0.25, -0.2) is 4.79 Å². The minimum Gasteiger partial charge on any atom is -0.508 e. The van der Waals surface area contributed by atoms with Crippen molar-refractivity contribution >= 4 is 64.6 Å². The van der Waals surface area contributed by atoms with Gasteiger partial charge in [-0.2, -0.15) is 0 Å². The van der Waals surface area contributed by atoms with Crippen molar-refractivity contribution in [1.29, 1.82) is 0 Å². The summed E-state index contributed by atoms with van der Waals surface area (Å²) < 4.78 is 12.4. The molecule has 0 saturated heterocycles. The monoisotopic (exact) mass is 1130 g/mol. The lowest BCUT2D eigenvalue weighted by molar-refractivity contribution is -0.143. The van der Waals surface area contributed by atoms with E-state index in [0.717, 1.165) is 30.3 Å². The molecule has 5 heterocycles. The largest absolute Gasteiger partial charge is 0.508 e.